The Bertz CT molecular complexity index is 397. The molecule has 2 N–H and O–H groups in total. The van der Waals surface area contributed by atoms with Crippen LogP contribution in [0.15, 0.2) is 18.2 Å². The highest BCUT2D eigenvalue weighted by Crippen LogP contribution is 2.30. The zero-order valence-corrected chi connectivity index (χ0v) is 11.6. The number of anilines is 1. The molecule has 0 amide bonds. The van der Waals surface area contributed by atoms with Crippen LogP contribution in [0.1, 0.15) is 24.8 Å². The molecule has 4 heteroatoms. The van der Waals surface area contributed by atoms with Gasteiger partial charge < -0.3 is 15.3 Å². The summed E-state index contributed by atoms with van der Waals surface area (Å²) in [6, 6.07) is 6.24. The van der Waals surface area contributed by atoms with Gasteiger partial charge in [0.15, 0.2) is 0 Å². The summed E-state index contributed by atoms with van der Waals surface area (Å²) in [6.45, 7) is 2.04. The van der Waals surface area contributed by atoms with Crippen LogP contribution in [0.25, 0.3) is 0 Å². The fraction of sp³-hybridized carbons (Fsp3) is 0.571. The van der Waals surface area contributed by atoms with Crippen molar-refractivity contribution in [3.8, 4) is 0 Å². The van der Waals surface area contributed by atoms with E-state index in [1.54, 1.807) is 0 Å². The molecule has 1 fully saturated rings. The molecule has 1 aliphatic rings. The van der Waals surface area contributed by atoms with Crippen molar-refractivity contribution >= 4 is 17.3 Å². The van der Waals surface area contributed by atoms with Crippen LogP contribution < -0.4 is 10.2 Å². The minimum Gasteiger partial charge on any atom is -0.394 e. The lowest BCUT2D eigenvalue weighted by Gasteiger charge is -2.37. The SMILES string of the molecule is CNCc1ccc(Cl)cc1N1CCCCC1CO. The van der Waals surface area contributed by atoms with Crippen molar-refractivity contribution in [3.05, 3.63) is 28.8 Å². The molecular formula is C14H21ClN2O. The van der Waals surface area contributed by atoms with Gasteiger partial charge in [-0.1, -0.05) is 17.7 Å². The van der Waals surface area contributed by atoms with Crippen molar-refractivity contribution in [2.75, 3.05) is 25.1 Å². The summed E-state index contributed by atoms with van der Waals surface area (Å²) in [7, 11) is 1.94. The fourth-order valence-electron chi connectivity index (χ4n) is 2.65. The Labute approximate surface area is 114 Å². The first-order chi connectivity index (χ1) is 8.76. The number of piperidine rings is 1. The molecule has 1 unspecified atom stereocenters. The van der Waals surface area contributed by atoms with E-state index in [1.807, 2.05) is 19.2 Å². The Hall–Kier alpha value is -0.770. The summed E-state index contributed by atoms with van der Waals surface area (Å²) in [4.78, 5) is 2.31. The molecule has 0 radical (unpaired) electrons. The van der Waals surface area contributed by atoms with Gasteiger partial charge in [-0.2, -0.15) is 0 Å². The third-order valence-electron chi connectivity index (χ3n) is 3.56. The number of aliphatic hydroxyl groups is 1. The van der Waals surface area contributed by atoms with E-state index >= 15 is 0 Å². The van der Waals surface area contributed by atoms with E-state index in [1.165, 1.54) is 18.4 Å². The number of aliphatic hydroxyl groups excluding tert-OH is 1. The van der Waals surface area contributed by atoms with Crippen molar-refractivity contribution < 1.29 is 5.11 Å². The standard InChI is InChI=1S/C14H21ClN2O/c1-16-9-11-5-6-12(15)8-14(11)17-7-3-2-4-13(17)10-18/h5-6,8,13,16,18H,2-4,7,9-10H2,1H3. The second-order valence-electron chi connectivity index (χ2n) is 4.83. The molecule has 1 aromatic carbocycles. The summed E-state index contributed by atoms with van der Waals surface area (Å²) in [5.74, 6) is 0. The molecule has 1 aromatic rings. The van der Waals surface area contributed by atoms with Crippen LogP contribution in [-0.2, 0) is 6.54 Å². The first-order valence-electron chi connectivity index (χ1n) is 6.56. The maximum Gasteiger partial charge on any atom is 0.0635 e. The average Bonchev–Trinajstić information content (AvgIpc) is 2.41. The first-order valence-corrected chi connectivity index (χ1v) is 6.94. The minimum absolute atomic E-state index is 0.214. The predicted octanol–water partition coefficient (Wildman–Crippen LogP) is 2.41. The van der Waals surface area contributed by atoms with Gasteiger partial charge in [-0.15, -0.1) is 0 Å². The number of hydrogen-bond acceptors (Lipinski definition) is 3. The van der Waals surface area contributed by atoms with Gasteiger partial charge in [0.25, 0.3) is 0 Å². The Balaban J connectivity index is 2.31. The highest BCUT2D eigenvalue weighted by molar-refractivity contribution is 6.30. The Kier molecular flexibility index (Phi) is 4.87. The average molecular weight is 269 g/mol. The van der Waals surface area contributed by atoms with Crippen LogP contribution >= 0.6 is 11.6 Å². The fourth-order valence-corrected chi connectivity index (χ4v) is 2.82. The van der Waals surface area contributed by atoms with Gasteiger partial charge in [-0.25, -0.2) is 0 Å². The lowest BCUT2D eigenvalue weighted by Crippen LogP contribution is -2.42. The lowest BCUT2D eigenvalue weighted by atomic mass is 10.00. The van der Waals surface area contributed by atoms with E-state index in [2.05, 4.69) is 16.3 Å². The van der Waals surface area contributed by atoms with Crippen LogP contribution in [0.4, 0.5) is 5.69 Å². The highest BCUT2D eigenvalue weighted by Gasteiger charge is 2.23. The predicted molar refractivity (Wildman–Crippen MR) is 76.3 cm³/mol. The Morgan fingerprint density at radius 2 is 2.28 bits per heavy atom. The summed E-state index contributed by atoms with van der Waals surface area (Å²) in [6.07, 6.45) is 3.44. The van der Waals surface area contributed by atoms with Gasteiger partial charge in [0.05, 0.1) is 12.6 Å². The van der Waals surface area contributed by atoms with Gasteiger partial charge in [0.2, 0.25) is 0 Å². The van der Waals surface area contributed by atoms with E-state index in [0.717, 1.165) is 30.2 Å². The third kappa shape index (κ3) is 2.97. The number of nitrogens with zero attached hydrogens (tertiary/aromatic N) is 1. The van der Waals surface area contributed by atoms with E-state index in [9.17, 15) is 5.11 Å². The maximum atomic E-state index is 9.52. The van der Waals surface area contributed by atoms with E-state index in [4.69, 9.17) is 11.6 Å². The number of nitrogens with one attached hydrogen (secondary N) is 1. The minimum atomic E-state index is 0.214. The normalized spacial score (nSPS) is 20.2. The Morgan fingerprint density at radius 1 is 1.44 bits per heavy atom. The van der Waals surface area contributed by atoms with Gasteiger partial charge in [-0.3, -0.25) is 0 Å². The van der Waals surface area contributed by atoms with Crippen LogP contribution in [-0.4, -0.2) is 31.3 Å². The second kappa shape index (κ2) is 6.41. The summed E-state index contributed by atoms with van der Waals surface area (Å²) in [5, 5.41) is 13.5. The molecule has 100 valence electrons. The largest absolute Gasteiger partial charge is 0.394 e. The molecule has 18 heavy (non-hydrogen) atoms. The summed E-state index contributed by atoms with van der Waals surface area (Å²) in [5.41, 5.74) is 2.40. The third-order valence-corrected chi connectivity index (χ3v) is 3.80. The van der Waals surface area contributed by atoms with Crippen LogP contribution in [0.2, 0.25) is 5.02 Å². The smallest absolute Gasteiger partial charge is 0.0635 e. The molecule has 2 rings (SSSR count). The van der Waals surface area contributed by atoms with Crippen molar-refractivity contribution in [2.45, 2.75) is 31.8 Å². The lowest BCUT2D eigenvalue weighted by molar-refractivity contribution is 0.240. The summed E-state index contributed by atoms with van der Waals surface area (Å²) < 4.78 is 0. The highest BCUT2D eigenvalue weighted by atomic mass is 35.5. The summed E-state index contributed by atoms with van der Waals surface area (Å²) >= 11 is 6.12. The van der Waals surface area contributed by atoms with Crippen molar-refractivity contribution in [1.29, 1.82) is 0 Å². The maximum absolute atomic E-state index is 9.52. The van der Waals surface area contributed by atoms with E-state index in [0.29, 0.717) is 0 Å². The van der Waals surface area contributed by atoms with Crippen molar-refractivity contribution in [1.82, 2.24) is 5.32 Å². The van der Waals surface area contributed by atoms with Crippen molar-refractivity contribution in [2.24, 2.45) is 0 Å². The van der Waals surface area contributed by atoms with E-state index < -0.39 is 0 Å². The van der Waals surface area contributed by atoms with Crippen LogP contribution in [0.5, 0.6) is 0 Å². The molecule has 0 saturated carbocycles. The van der Waals surface area contributed by atoms with Crippen LogP contribution in [0.3, 0.4) is 0 Å². The molecule has 0 spiro atoms. The van der Waals surface area contributed by atoms with Crippen LogP contribution in [0, 0.1) is 0 Å². The topological polar surface area (TPSA) is 35.5 Å². The zero-order valence-electron chi connectivity index (χ0n) is 10.8. The number of hydrogen-bond donors (Lipinski definition) is 2. The number of halogens is 1. The molecule has 1 saturated heterocycles. The van der Waals surface area contributed by atoms with Gasteiger partial charge in [0, 0.05) is 23.8 Å². The molecule has 1 atom stereocenters. The molecular weight excluding hydrogens is 248 g/mol. The Morgan fingerprint density at radius 3 is 3.00 bits per heavy atom. The quantitative estimate of drug-likeness (QED) is 0.880. The molecule has 0 aromatic heterocycles. The second-order valence-corrected chi connectivity index (χ2v) is 5.27. The first kappa shape index (κ1) is 13.7. The number of rotatable bonds is 4. The number of benzene rings is 1. The zero-order chi connectivity index (χ0) is 13.0. The van der Waals surface area contributed by atoms with Gasteiger partial charge in [-0.05, 0) is 44.0 Å². The van der Waals surface area contributed by atoms with Gasteiger partial charge in [0.1, 0.15) is 0 Å². The van der Waals surface area contributed by atoms with Crippen molar-refractivity contribution in [3.63, 3.8) is 0 Å². The van der Waals surface area contributed by atoms with E-state index in [-0.39, 0.29) is 12.6 Å². The molecule has 0 bridgehead atoms. The molecule has 0 aliphatic carbocycles. The molecule has 1 aliphatic heterocycles. The monoisotopic (exact) mass is 268 g/mol. The molecule has 3 nitrogen and oxygen atoms in total. The molecule has 1 heterocycles. The van der Waals surface area contributed by atoms with Gasteiger partial charge >= 0.3 is 0 Å².